The number of hydrogen-bond donors (Lipinski definition) is 1. The highest BCUT2D eigenvalue weighted by Crippen LogP contribution is 2.40. The Morgan fingerprint density at radius 2 is 1.71 bits per heavy atom. The van der Waals surface area contributed by atoms with Gasteiger partial charge in [0.05, 0.1) is 6.10 Å². The van der Waals surface area contributed by atoms with Gasteiger partial charge in [0.1, 0.15) is 6.29 Å². The Morgan fingerprint density at radius 3 is 2.38 bits per heavy atom. The van der Waals surface area contributed by atoms with E-state index in [1.165, 1.54) is 11.6 Å². The van der Waals surface area contributed by atoms with Crippen molar-refractivity contribution >= 4 is 6.29 Å². The van der Waals surface area contributed by atoms with Gasteiger partial charge in [-0.3, -0.25) is 4.79 Å². The second-order valence-electron chi connectivity index (χ2n) is 7.07. The first-order chi connectivity index (χ1) is 11.3. The molecule has 1 atom stereocenters. The van der Waals surface area contributed by atoms with Crippen molar-refractivity contribution in [3.63, 3.8) is 0 Å². The zero-order chi connectivity index (χ0) is 18.2. The molecule has 2 nitrogen and oxygen atoms in total. The fourth-order valence-corrected chi connectivity index (χ4v) is 2.85. The number of aldehydes is 1. The highest BCUT2D eigenvalue weighted by molar-refractivity contribution is 5.65. The third-order valence-corrected chi connectivity index (χ3v) is 4.48. The number of allylic oxidation sites excluding steroid dienone is 11. The molecule has 130 valence electrons. The first-order valence-corrected chi connectivity index (χ1v) is 8.49. The molecule has 1 N–H and O–H groups in total. The summed E-state index contributed by atoms with van der Waals surface area (Å²) in [6.45, 7) is 10.6. The first-order valence-electron chi connectivity index (χ1n) is 8.49. The second-order valence-corrected chi connectivity index (χ2v) is 7.07. The summed E-state index contributed by atoms with van der Waals surface area (Å²) in [6.07, 6.45) is 17.7. The van der Waals surface area contributed by atoms with Crippen LogP contribution < -0.4 is 0 Å². The monoisotopic (exact) mass is 326 g/mol. The lowest BCUT2D eigenvalue weighted by atomic mass is 9.71. The molecule has 0 spiro atoms. The van der Waals surface area contributed by atoms with Gasteiger partial charge >= 0.3 is 0 Å². The van der Waals surface area contributed by atoms with Gasteiger partial charge in [-0.05, 0) is 56.3 Å². The SMILES string of the molecule is CC1=C(/C=C/C(C)=C/C=C/C(C)=C/C=C/C=O)C(C)(C)CCC1O. The van der Waals surface area contributed by atoms with Gasteiger partial charge in [0.25, 0.3) is 0 Å². The van der Waals surface area contributed by atoms with E-state index in [2.05, 4.69) is 39.0 Å². The molecule has 0 saturated carbocycles. The Balaban J connectivity index is 2.82. The molecule has 1 rings (SSSR count). The summed E-state index contributed by atoms with van der Waals surface area (Å²) in [5, 5.41) is 10.1. The Hall–Kier alpha value is -1.93. The van der Waals surface area contributed by atoms with Gasteiger partial charge in [0.2, 0.25) is 0 Å². The van der Waals surface area contributed by atoms with Crippen molar-refractivity contribution in [1.29, 1.82) is 0 Å². The quantitative estimate of drug-likeness (QED) is 0.411. The van der Waals surface area contributed by atoms with Crippen LogP contribution >= 0.6 is 0 Å². The lowest BCUT2D eigenvalue weighted by Crippen LogP contribution is -2.27. The van der Waals surface area contributed by atoms with Crippen LogP contribution in [0.2, 0.25) is 0 Å². The summed E-state index contributed by atoms with van der Waals surface area (Å²) in [6, 6.07) is 0. The molecular weight excluding hydrogens is 296 g/mol. The van der Waals surface area contributed by atoms with E-state index in [4.69, 9.17) is 0 Å². The molecule has 0 bridgehead atoms. The van der Waals surface area contributed by atoms with E-state index in [0.29, 0.717) is 0 Å². The van der Waals surface area contributed by atoms with Crippen molar-refractivity contribution in [1.82, 2.24) is 0 Å². The molecule has 1 unspecified atom stereocenters. The van der Waals surface area contributed by atoms with E-state index in [1.54, 1.807) is 6.08 Å². The van der Waals surface area contributed by atoms with Crippen molar-refractivity contribution in [2.75, 3.05) is 0 Å². The van der Waals surface area contributed by atoms with Crippen LogP contribution in [0.3, 0.4) is 0 Å². The average Bonchev–Trinajstić information content (AvgIpc) is 2.51. The van der Waals surface area contributed by atoms with Crippen LogP contribution in [0.5, 0.6) is 0 Å². The predicted molar refractivity (Wildman–Crippen MR) is 103 cm³/mol. The van der Waals surface area contributed by atoms with Crippen molar-refractivity contribution < 1.29 is 9.90 Å². The maximum absolute atomic E-state index is 10.2. The molecule has 0 aromatic rings. The second kappa shape index (κ2) is 9.39. The van der Waals surface area contributed by atoms with Crippen LogP contribution in [0, 0.1) is 5.41 Å². The summed E-state index contributed by atoms with van der Waals surface area (Å²) in [4.78, 5) is 10.2. The smallest absolute Gasteiger partial charge is 0.142 e. The van der Waals surface area contributed by atoms with Crippen LogP contribution in [0.25, 0.3) is 0 Å². The zero-order valence-electron chi connectivity index (χ0n) is 15.5. The Morgan fingerprint density at radius 1 is 1.08 bits per heavy atom. The normalized spacial score (nSPS) is 23.0. The van der Waals surface area contributed by atoms with E-state index in [1.807, 2.05) is 32.1 Å². The first kappa shape index (κ1) is 20.1. The third-order valence-electron chi connectivity index (χ3n) is 4.48. The molecule has 0 aromatic carbocycles. The number of carbonyl (C=O) groups is 1. The van der Waals surface area contributed by atoms with E-state index in [-0.39, 0.29) is 11.5 Å². The van der Waals surface area contributed by atoms with Gasteiger partial charge < -0.3 is 5.11 Å². The molecular formula is C22H30O2. The fraction of sp³-hybridized carbons (Fsp3) is 0.409. The molecule has 0 aromatic heterocycles. The lowest BCUT2D eigenvalue weighted by Gasteiger charge is -2.35. The summed E-state index contributed by atoms with van der Waals surface area (Å²) in [5.74, 6) is 0. The van der Waals surface area contributed by atoms with E-state index >= 15 is 0 Å². The van der Waals surface area contributed by atoms with Crippen molar-refractivity contribution in [2.45, 2.75) is 53.6 Å². The summed E-state index contributed by atoms with van der Waals surface area (Å²) < 4.78 is 0. The number of carbonyl (C=O) groups excluding carboxylic acids is 1. The van der Waals surface area contributed by atoms with Crippen molar-refractivity contribution in [3.05, 3.63) is 70.9 Å². The largest absolute Gasteiger partial charge is 0.389 e. The van der Waals surface area contributed by atoms with Gasteiger partial charge in [-0.25, -0.2) is 0 Å². The maximum atomic E-state index is 10.2. The molecule has 0 amide bonds. The van der Waals surface area contributed by atoms with E-state index in [9.17, 15) is 9.90 Å². The van der Waals surface area contributed by atoms with Crippen molar-refractivity contribution in [2.24, 2.45) is 5.41 Å². The number of aliphatic hydroxyl groups is 1. The van der Waals surface area contributed by atoms with Crippen LogP contribution in [-0.2, 0) is 4.79 Å². The molecule has 24 heavy (non-hydrogen) atoms. The molecule has 0 heterocycles. The zero-order valence-corrected chi connectivity index (χ0v) is 15.5. The van der Waals surface area contributed by atoms with Gasteiger partial charge in [-0.2, -0.15) is 0 Å². The highest BCUT2D eigenvalue weighted by Gasteiger charge is 2.30. The van der Waals surface area contributed by atoms with E-state index in [0.717, 1.165) is 35.8 Å². The van der Waals surface area contributed by atoms with Gasteiger partial charge in [0.15, 0.2) is 0 Å². The van der Waals surface area contributed by atoms with Gasteiger partial charge in [0, 0.05) is 0 Å². The Kier molecular flexibility index (Phi) is 7.87. The minimum Gasteiger partial charge on any atom is -0.389 e. The average molecular weight is 326 g/mol. The number of aliphatic hydroxyl groups excluding tert-OH is 1. The van der Waals surface area contributed by atoms with Crippen LogP contribution in [0.15, 0.2) is 70.9 Å². The molecule has 0 saturated heterocycles. The molecule has 2 heteroatoms. The molecule has 1 aliphatic rings. The van der Waals surface area contributed by atoms with Crippen LogP contribution in [0.1, 0.15) is 47.5 Å². The minimum atomic E-state index is -0.311. The maximum Gasteiger partial charge on any atom is 0.142 e. The van der Waals surface area contributed by atoms with Crippen molar-refractivity contribution in [3.8, 4) is 0 Å². The molecule has 1 aliphatic carbocycles. The Bertz CT molecular complexity index is 622. The van der Waals surface area contributed by atoms with Crippen LogP contribution in [-0.4, -0.2) is 17.5 Å². The molecule has 0 radical (unpaired) electrons. The molecule has 0 aliphatic heterocycles. The van der Waals surface area contributed by atoms with Gasteiger partial charge in [-0.15, -0.1) is 0 Å². The summed E-state index contributed by atoms with van der Waals surface area (Å²) in [7, 11) is 0. The van der Waals surface area contributed by atoms with Gasteiger partial charge in [-0.1, -0.05) is 67.5 Å². The number of hydrogen-bond acceptors (Lipinski definition) is 2. The summed E-state index contributed by atoms with van der Waals surface area (Å²) in [5.41, 5.74) is 4.68. The minimum absolute atomic E-state index is 0.111. The number of rotatable bonds is 6. The van der Waals surface area contributed by atoms with E-state index < -0.39 is 0 Å². The Labute approximate surface area is 146 Å². The molecule has 0 fully saturated rings. The summed E-state index contributed by atoms with van der Waals surface area (Å²) >= 11 is 0. The highest BCUT2D eigenvalue weighted by atomic mass is 16.3. The lowest BCUT2D eigenvalue weighted by molar-refractivity contribution is -0.104. The standard InChI is InChI=1S/C22H30O2/c1-17(9-6-7-16-23)10-8-11-18(2)12-13-20-19(3)21(24)14-15-22(20,4)5/h6-13,16,21,24H,14-15H2,1-5H3/b7-6+,10-8+,13-12+,17-9+,18-11+. The topological polar surface area (TPSA) is 37.3 Å². The predicted octanol–water partition coefficient (Wildman–Crippen LogP) is 5.24. The fourth-order valence-electron chi connectivity index (χ4n) is 2.85. The third kappa shape index (κ3) is 6.29. The van der Waals surface area contributed by atoms with Crippen LogP contribution in [0.4, 0.5) is 0 Å².